The number of hydrogen-bond donors (Lipinski definition) is 0. The van der Waals surface area contributed by atoms with Gasteiger partial charge in [0.25, 0.3) is 0 Å². The molecule has 0 unspecified atom stereocenters. The Morgan fingerprint density at radius 2 is 2.04 bits per heavy atom. The van der Waals surface area contributed by atoms with Crippen molar-refractivity contribution in [3.63, 3.8) is 0 Å². The van der Waals surface area contributed by atoms with Crippen LogP contribution < -0.4 is 0 Å². The van der Waals surface area contributed by atoms with Gasteiger partial charge in [0, 0.05) is 18.0 Å². The molecule has 0 radical (unpaired) electrons. The van der Waals surface area contributed by atoms with Gasteiger partial charge in [-0.1, -0.05) is 0 Å². The van der Waals surface area contributed by atoms with Crippen LogP contribution in [0, 0.1) is 10.1 Å². The molecule has 3 aromatic rings. The summed E-state index contributed by atoms with van der Waals surface area (Å²) in [5.74, 6) is 1.20. The lowest BCUT2D eigenvalue weighted by molar-refractivity contribution is -0.389. The first-order chi connectivity index (χ1) is 13.7. The Morgan fingerprint density at radius 3 is 2.82 bits per heavy atom. The van der Waals surface area contributed by atoms with E-state index in [1.165, 1.54) is 27.6 Å². The van der Waals surface area contributed by atoms with Crippen molar-refractivity contribution in [2.45, 2.75) is 32.2 Å². The summed E-state index contributed by atoms with van der Waals surface area (Å²) < 4.78 is 6.96. The van der Waals surface area contributed by atoms with Gasteiger partial charge in [-0.25, -0.2) is 9.97 Å². The fourth-order valence-electron chi connectivity index (χ4n) is 3.91. The van der Waals surface area contributed by atoms with E-state index in [-0.39, 0.29) is 5.82 Å². The highest BCUT2D eigenvalue weighted by atomic mass is 32.1. The van der Waals surface area contributed by atoms with E-state index in [4.69, 9.17) is 14.7 Å². The molecule has 146 valence electrons. The van der Waals surface area contributed by atoms with Crippen LogP contribution in [0.3, 0.4) is 0 Å². The molecular formula is C18H20N6O3S. The Morgan fingerprint density at radius 1 is 1.21 bits per heavy atom. The molecule has 0 amide bonds. The van der Waals surface area contributed by atoms with Crippen LogP contribution in [0.4, 0.5) is 5.82 Å². The van der Waals surface area contributed by atoms with Gasteiger partial charge in [-0.15, -0.1) is 16.0 Å². The predicted molar refractivity (Wildman–Crippen MR) is 104 cm³/mol. The normalized spacial score (nSPS) is 17.7. The zero-order valence-electron chi connectivity index (χ0n) is 15.3. The van der Waals surface area contributed by atoms with Gasteiger partial charge in [-0.05, 0) is 36.2 Å². The zero-order valence-corrected chi connectivity index (χ0v) is 16.2. The molecule has 0 bridgehead atoms. The third-order valence-electron chi connectivity index (χ3n) is 5.29. The SMILES string of the molecule is O=[N+]([O-])c1ccn(-c2nc(CN3CCOCC3)nc3sc4c(c23)CCCC4)n1. The number of rotatable bonds is 4. The van der Waals surface area contributed by atoms with Gasteiger partial charge >= 0.3 is 5.82 Å². The van der Waals surface area contributed by atoms with Gasteiger partial charge in [0.05, 0.1) is 42.5 Å². The van der Waals surface area contributed by atoms with Crippen molar-refractivity contribution in [1.29, 1.82) is 0 Å². The number of hydrogen-bond acceptors (Lipinski definition) is 8. The molecule has 4 heterocycles. The van der Waals surface area contributed by atoms with Gasteiger partial charge in [0.2, 0.25) is 0 Å². The molecule has 1 saturated heterocycles. The Balaban J connectivity index is 1.63. The molecule has 10 heteroatoms. The van der Waals surface area contributed by atoms with Crippen molar-refractivity contribution in [3.05, 3.63) is 38.6 Å². The van der Waals surface area contributed by atoms with Crippen molar-refractivity contribution >= 4 is 27.4 Å². The predicted octanol–water partition coefficient (Wildman–Crippen LogP) is 2.50. The second kappa shape index (κ2) is 7.19. The van der Waals surface area contributed by atoms with Crippen molar-refractivity contribution in [2.75, 3.05) is 26.3 Å². The van der Waals surface area contributed by atoms with Crippen LogP contribution in [0.25, 0.3) is 16.0 Å². The Labute approximate surface area is 165 Å². The molecular weight excluding hydrogens is 380 g/mol. The van der Waals surface area contributed by atoms with Crippen molar-refractivity contribution < 1.29 is 9.66 Å². The Bertz CT molecular complexity index is 1040. The molecule has 0 aromatic carbocycles. The minimum atomic E-state index is -0.480. The zero-order chi connectivity index (χ0) is 19.1. The summed E-state index contributed by atoms with van der Waals surface area (Å²) in [7, 11) is 0. The molecule has 28 heavy (non-hydrogen) atoms. The van der Waals surface area contributed by atoms with E-state index in [2.05, 4.69) is 10.00 Å². The quantitative estimate of drug-likeness (QED) is 0.490. The van der Waals surface area contributed by atoms with E-state index < -0.39 is 4.92 Å². The van der Waals surface area contributed by atoms with Crippen LogP contribution in [0.5, 0.6) is 0 Å². The largest absolute Gasteiger partial charge is 0.390 e. The summed E-state index contributed by atoms with van der Waals surface area (Å²) in [5, 5.41) is 16.3. The summed E-state index contributed by atoms with van der Waals surface area (Å²) in [4.78, 5) is 24.9. The molecule has 1 aliphatic heterocycles. The maximum atomic E-state index is 11.1. The van der Waals surface area contributed by atoms with Crippen molar-refractivity contribution in [2.24, 2.45) is 0 Å². The third kappa shape index (κ3) is 3.17. The molecule has 0 atom stereocenters. The Kier molecular flexibility index (Phi) is 4.53. The highest BCUT2D eigenvalue weighted by molar-refractivity contribution is 7.18. The van der Waals surface area contributed by atoms with Gasteiger partial charge in [-0.2, -0.15) is 0 Å². The van der Waals surface area contributed by atoms with Crippen LogP contribution >= 0.6 is 11.3 Å². The van der Waals surface area contributed by atoms with Crippen molar-refractivity contribution in [3.8, 4) is 5.82 Å². The Hall–Kier alpha value is -2.43. The highest BCUT2D eigenvalue weighted by Gasteiger charge is 2.25. The lowest BCUT2D eigenvalue weighted by atomic mass is 9.97. The first kappa shape index (κ1) is 17.7. The van der Waals surface area contributed by atoms with E-state index in [0.717, 1.165) is 48.4 Å². The number of thiophene rings is 1. The first-order valence-corrected chi connectivity index (χ1v) is 10.3. The van der Waals surface area contributed by atoms with E-state index in [9.17, 15) is 10.1 Å². The van der Waals surface area contributed by atoms with Gasteiger partial charge in [-0.3, -0.25) is 4.90 Å². The highest BCUT2D eigenvalue weighted by Crippen LogP contribution is 2.38. The molecule has 1 aliphatic carbocycles. The molecule has 0 saturated carbocycles. The average Bonchev–Trinajstić information content (AvgIpc) is 3.33. The third-order valence-corrected chi connectivity index (χ3v) is 6.48. The minimum Gasteiger partial charge on any atom is -0.379 e. The number of aromatic nitrogens is 4. The standard InChI is InChI=1S/C18H20N6O3S/c25-24(26)15-5-6-23(21-15)17-16-12-3-1-2-4-13(12)28-18(16)20-14(19-17)11-22-7-9-27-10-8-22/h5-6H,1-4,7-11H2. The minimum absolute atomic E-state index is 0.175. The summed E-state index contributed by atoms with van der Waals surface area (Å²) in [6.45, 7) is 3.77. The topological polar surface area (TPSA) is 99.2 Å². The van der Waals surface area contributed by atoms with Crippen LogP contribution in [0.15, 0.2) is 12.3 Å². The van der Waals surface area contributed by atoms with Crippen LogP contribution in [0.2, 0.25) is 0 Å². The molecule has 5 rings (SSSR count). The lowest BCUT2D eigenvalue weighted by Gasteiger charge is -2.25. The number of morpholine rings is 1. The monoisotopic (exact) mass is 400 g/mol. The van der Waals surface area contributed by atoms with Gasteiger partial charge in [0.1, 0.15) is 10.7 Å². The molecule has 3 aromatic heterocycles. The summed E-state index contributed by atoms with van der Waals surface area (Å²) in [5.41, 5.74) is 1.29. The molecule has 2 aliphatic rings. The van der Waals surface area contributed by atoms with Crippen LogP contribution in [0.1, 0.15) is 29.1 Å². The summed E-state index contributed by atoms with van der Waals surface area (Å²) in [6.07, 6.45) is 6.01. The number of nitro groups is 1. The number of nitrogens with zero attached hydrogens (tertiary/aromatic N) is 6. The smallest absolute Gasteiger partial charge is 0.379 e. The van der Waals surface area contributed by atoms with Crippen molar-refractivity contribution in [1.82, 2.24) is 24.6 Å². The first-order valence-electron chi connectivity index (χ1n) is 9.51. The second-order valence-electron chi connectivity index (χ2n) is 7.12. The van der Waals surface area contributed by atoms with E-state index in [0.29, 0.717) is 25.6 Å². The lowest BCUT2D eigenvalue weighted by Crippen LogP contribution is -2.36. The van der Waals surface area contributed by atoms with Crippen LogP contribution in [-0.4, -0.2) is 55.9 Å². The molecule has 0 N–H and O–H groups in total. The fraction of sp³-hybridized carbons (Fsp3) is 0.500. The fourth-order valence-corrected chi connectivity index (χ4v) is 5.18. The number of aryl methyl sites for hydroxylation is 2. The maximum absolute atomic E-state index is 11.1. The van der Waals surface area contributed by atoms with Gasteiger partial charge in [0.15, 0.2) is 5.82 Å². The average molecular weight is 400 g/mol. The molecule has 9 nitrogen and oxygen atoms in total. The van der Waals surface area contributed by atoms with E-state index in [1.54, 1.807) is 17.5 Å². The molecule has 0 spiro atoms. The van der Waals surface area contributed by atoms with Gasteiger partial charge < -0.3 is 14.9 Å². The summed E-state index contributed by atoms with van der Waals surface area (Å²) in [6, 6.07) is 1.41. The van der Waals surface area contributed by atoms with E-state index >= 15 is 0 Å². The number of ether oxygens (including phenoxy) is 1. The number of fused-ring (bicyclic) bond motifs is 3. The summed E-state index contributed by atoms with van der Waals surface area (Å²) >= 11 is 1.73. The maximum Gasteiger partial charge on any atom is 0.390 e. The van der Waals surface area contributed by atoms with E-state index in [1.807, 2.05) is 0 Å². The van der Waals surface area contributed by atoms with Crippen LogP contribution in [-0.2, 0) is 24.1 Å². The second-order valence-corrected chi connectivity index (χ2v) is 8.20. The molecule has 1 fully saturated rings.